The molecule has 128 valence electrons. The van der Waals surface area contributed by atoms with E-state index in [0.717, 1.165) is 32.3 Å². The molecule has 2 atom stereocenters. The van der Waals surface area contributed by atoms with Crippen molar-refractivity contribution in [3.05, 3.63) is 0 Å². The van der Waals surface area contributed by atoms with Crippen LogP contribution in [0.3, 0.4) is 0 Å². The average Bonchev–Trinajstić information content (AvgIpc) is 3.01. The van der Waals surface area contributed by atoms with Gasteiger partial charge in [0, 0.05) is 32.0 Å². The number of hydrogen-bond donors (Lipinski definition) is 2. The Bertz CT molecular complexity index is 328. The molecule has 1 saturated heterocycles. The smallest absolute Gasteiger partial charge is 0.220 e. The van der Waals surface area contributed by atoms with Crippen molar-refractivity contribution in [2.75, 3.05) is 13.2 Å². The van der Waals surface area contributed by atoms with Crippen LogP contribution in [0.2, 0.25) is 0 Å². The third kappa shape index (κ3) is 9.03. The normalized spacial score (nSPS) is 18.9. The average molecular weight is 312 g/mol. The van der Waals surface area contributed by atoms with Crippen LogP contribution < -0.4 is 10.6 Å². The van der Waals surface area contributed by atoms with E-state index >= 15 is 0 Å². The van der Waals surface area contributed by atoms with E-state index in [1.807, 2.05) is 6.92 Å². The maximum absolute atomic E-state index is 11.8. The van der Waals surface area contributed by atoms with Gasteiger partial charge in [-0.2, -0.15) is 0 Å². The van der Waals surface area contributed by atoms with Gasteiger partial charge in [-0.3, -0.25) is 9.59 Å². The van der Waals surface area contributed by atoms with Crippen molar-refractivity contribution in [1.82, 2.24) is 10.6 Å². The summed E-state index contributed by atoms with van der Waals surface area (Å²) in [4.78, 5) is 23.5. The highest BCUT2D eigenvalue weighted by Crippen LogP contribution is 2.10. The summed E-state index contributed by atoms with van der Waals surface area (Å²) < 4.78 is 5.44. The lowest BCUT2D eigenvalue weighted by Crippen LogP contribution is -2.35. The molecule has 0 unspecified atom stereocenters. The molecule has 5 nitrogen and oxygen atoms in total. The molecule has 1 aliphatic rings. The van der Waals surface area contributed by atoms with E-state index in [4.69, 9.17) is 4.74 Å². The Labute approximate surface area is 134 Å². The van der Waals surface area contributed by atoms with Gasteiger partial charge in [-0.1, -0.05) is 32.6 Å². The van der Waals surface area contributed by atoms with Gasteiger partial charge in [0.25, 0.3) is 0 Å². The number of hydrogen-bond acceptors (Lipinski definition) is 3. The Morgan fingerprint density at radius 3 is 2.64 bits per heavy atom. The van der Waals surface area contributed by atoms with Crippen LogP contribution in [-0.2, 0) is 14.3 Å². The minimum Gasteiger partial charge on any atom is -0.376 e. The van der Waals surface area contributed by atoms with E-state index in [-0.39, 0.29) is 36.8 Å². The zero-order valence-corrected chi connectivity index (χ0v) is 14.2. The monoisotopic (exact) mass is 312 g/mol. The van der Waals surface area contributed by atoms with E-state index in [1.54, 1.807) is 0 Å². The number of ether oxygens (including phenoxy) is 1. The van der Waals surface area contributed by atoms with Gasteiger partial charge < -0.3 is 15.4 Å². The quantitative estimate of drug-likeness (QED) is 0.576. The molecule has 1 aliphatic heterocycles. The molecular formula is C17H32N2O3. The molecule has 0 aromatic carbocycles. The van der Waals surface area contributed by atoms with E-state index in [0.29, 0.717) is 6.54 Å². The summed E-state index contributed by atoms with van der Waals surface area (Å²) in [5, 5.41) is 5.80. The van der Waals surface area contributed by atoms with Crippen LogP contribution in [0.4, 0.5) is 0 Å². The summed E-state index contributed by atoms with van der Waals surface area (Å²) in [6, 6.07) is 0.194. The van der Waals surface area contributed by atoms with Crippen molar-refractivity contribution >= 4 is 11.8 Å². The number of rotatable bonds is 11. The zero-order chi connectivity index (χ0) is 16.2. The van der Waals surface area contributed by atoms with Crippen molar-refractivity contribution in [1.29, 1.82) is 0 Å². The predicted octanol–water partition coefficient (Wildman–Crippen LogP) is 2.54. The van der Waals surface area contributed by atoms with Gasteiger partial charge in [0.2, 0.25) is 11.8 Å². The van der Waals surface area contributed by atoms with Gasteiger partial charge in [0.15, 0.2) is 0 Å². The van der Waals surface area contributed by atoms with E-state index in [9.17, 15) is 9.59 Å². The van der Waals surface area contributed by atoms with Crippen LogP contribution in [0.25, 0.3) is 0 Å². The topological polar surface area (TPSA) is 67.4 Å². The molecule has 0 radical (unpaired) electrons. The molecule has 2 amide bonds. The number of unbranched alkanes of at least 4 members (excludes halogenated alkanes) is 3. The fourth-order valence-electron chi connectivity index (χ4n) is 2.64. The van der Waals surface area contributed by atoms with Gasteiger partial charge in [0.1, 0.15) is 0 Å². The molecule has 22 heavy (non-hydrogen) atoms. The number of carbonyl (C=O) groups excluding carboxylic acids is 2. The Balaban J connectivity index is 2.02. The van der Waals surface area contributed by atoms with E-state index < -0.39 is 0 Å². The predicted molar refractivity (Wildman–Crippen MR) is 87.6 cm³/mol. The first kappa shape index (κ1) is 18.9. The number of carbonyl (C=O) groups is 2. The van der Waals surface area contributed by atoms with Crippen LogP contribution in [0.1, 0.15) is 71.6 Å². The van der Waals surface area contributed by atoms with E-state index in [1.165, 1.54) is 19.3 Å². The minimum absolute atomic E-state index is 0.0322. The molecule has 1 fully saturated rings. The Morgan fingerprint density at radius 2 is 1.95 bits per heavy atom. The van der Waals surface area contributed by atoms with Gasteiger partial charge >= 0.3 is 0 Å². The summed E-state index contributed by atoms with van der Waals surface area (Å²) in [5.41, 5.74) is 0. The van der Waals surface area contributed by atoms with Crippen LogP contribution in [0.15, 0.2) is 0 Å². The SMILES string of the molecule is CCCCCC[C@H](C)NC(=O)CCC(=O)NC[C@H]1CCCO1. The molecule has 1 heterocycles. The molecule has 0 aromatic rings. The van der Waals surface area contributed by atoms with Crippen molar-refractivity contribution in [3.63, 3.8) is 0 Å². The third-order valence-electron chi connectivity index (χ3n) is 4.03. The largest absolute Gasteiger partial charge is 0.376 e. The summed E-state index contributed by atoms with van der Waals surface area (Å²) in [7, 11) is 0. The molecule has 0 aromatic heterocycles. The van der Waals surface area contributed by atoms with Crippen LogP contribution in [-0.4, -0.2) is 37.1 Å². The third-order valence-corrected chi connectivity index (χ3v) is 4.03. The molecule has 1 rings (SSSR count). The maximum Gasteiger partial charge on any atom is 0.220 e. The lowest BCUT2D eigenvalue weighted by Gasteiger charge is -2.14. The first-order chi connectivity index (χ1) is 10.6. The number of nitrogens with one attached hydrogen (secondary N) is 2. The van der Waals surface area contributed by atoms with Crippen LogP contribution >= 0.6 is 0 Å². The van der Waals surface area contributed by atoms with E-state index in [2.05, 4.69) is 17.6 Å². The first-order valence-electron chi connectivity index (χ1n) is 8.79. The maximum atomic E-state index is 11.8. The van der Waals surface area contributed by atoms with Gasteiger partial charge in [-0.05, 0) is 26.2 Å². The van der Waals surface area contributed by atoms with Crippen LogP contribution in [0.5, 0.6) is 0 Å². The highest BCUT2D eigenvalue weighted by molar-refractivity contribution is 5.83. The second kappa shape index (κ2) is 11.5. The minimum atomic E-state index is -0.0683. The fraction of sp³-hybridized carbons (Fsp3) is 0.882. The lowest BCUT2D eigenvalue weighted by atomic mass is 10.1. The molecule has 0 aliphatic carbocycles. The summed E-state index contributed by atoms with van der Waals surface area (Å²) in [5.74, 6) is -0.100. The lowest BCUT2D eigenvalue weighted by molar-refractivity contribution is -0.127. The summed E-state index contributed by atoms with van der Waals surface area (Å²) in [6.45, 7) is 5.57. The number of amides is 2. The van der Waals surface area contributed by atoms with Crippen molar-refractivity contribution < 1.29 is 14.3 Å². The van der Waals surface area contributed by atoms with Gasteiger partial charge in [0.05, 0.1) is 6.10 Å². The highest BCUT2D eigenvalue weighted by Gasteiger charge is 2.16. The highest BCUT2D eigenvalue weighted by atomic mass is 16.5. The zero-order valence-electron chi connectivity index (χ0n) is 14.2. The summed E-state index contributed by atoms with van der Waals surface area (Å²) >= 11 is 0. The van der Waals surface area contributed by atoms with Crippen molar-refractivity contribution in [2.45, 2.75) is 83.8 Å². The van der Waals surface area contributed by atoms with Gasteiger partial charge in [-0.25, -0.2) is 0 Å². The first-order valence-corrected chi connectivity index (χ1v) is 8.79. The molecule has 0 saturated carbocycles. The second-order valence-corrected chi connectivity index (χ2v) is 6.26. The second-order valence-electron chi connectivity index (χ2n) is 6.26. The van der Waals surface area contributed by atoms with Crippen molar-refractivity contribution in [3.8, 4) is 0 Å². The van der Waals surface area contributed by atoms with Crippen molar-refractivity contribution in [2.24, 2.45) is 0 Å². The fourth-order valence-corrected chi connectivity index (χ4v) is 2.64. The Morgan fingerprint density at radius 1 is 1.18 bits per heavy atom. The Kier molecular flexibility index (Phi) is 9.87. The molecule has 0 spiro atoms. The van der Waals surface area contributed by atoms with Crippen LogP contribution in [0, 0.1) is 0 Å². The Hall–Kier alpha value is -1.10. The van der Waals surface area contributed by atoms with Gasteiger partial charge in [-0.15, -0.1) is 0 Å². The summed E-state index contributed by atoms with van der Waals surface area (Å²) in [6.07, 6.45) is 8.61. The molecule has 2 N–H and O–H groups in total. The molecule has 5 heteroatoms. The molecular weight excluding hydrogens is 280 g/mol. The standard InChI is InChI=1S/C17H32N2O3/c1-3-4-5-6-8-14(2)19-17(21)11-10-16(20)18-13-15-9-7-12-22-15/h14-15H,3-13H2,1-2H3,(H,18,20)(H,19,21)/t14-,15+/m0/s1. The molecule has 0 bridgehead atoms.